The summed E-state index contributed by atoms with van der Waals surface area (Å²) in [5, 5.41) is 26.0. The summed E-state index contributed by atoms with van der Waals surface area (Å²) in [5.41, 5.74) is 1.01. The third-order valence-corrected chi connectivity index (χ3v) is 3.44. The van der Waals surface area contributed by atoms with Crippen LogP contribution < -0.4 is 15.4 Å². The molecule has 0 aliphatic carbocycles. The van der Waals surface area contributed by atoms with Crippen molar-refractivity contribution in [2.24, 2.45) is 0 Å². The molecule has 2 rings (SSSR count). The molecule has 6 nitrogen and oxygen atoms in total. The molecule has 1 aliphatic rings. The fraction of sp³-hybridized carbons (Fsp3) is 0.533. The van der Waals surface area contributed by atoms with Crippen LogP contribution in [0.1, 0.15) is 38.9 Å². The van der Waals surface area contributed by atoms with Crippen molar-refractivity contribution in [3.8, 4) is 5.75 Å². The van der Waals surface area contributed by atoms with E-state index in [1.165, 1.54) is 0 Å². The molecule has 4 N–H and O–H groups in total. The van der Waals surface area contributed by atoms with Gasteiger partial charge in [0.2, 0.25) is 0 Å². The van der Waals surface area contributed by atoms with Crippen LogP contribution in [0.2, 0.25) is 0 Å². The van der Waals surface area contributed by atoms with Crippen molar-refractivity contribution in [3.63, 3.8) is 0 Å². The number of carbonyl (C=O) groups is 1. The fourth-order valence-electron chi connectivity index (χ4n) is 2.45. The summed E-state index contributed by atoms with van der Waals surface area (Å²) in [7, 11) is 0. The summed E-state index contributed by atoms with van der Waals surface area (Å²) < 4.78 is 5.25. The number of nitrogens with one attached hydrogen (secondary N) is 2. The molecular formula is C15H22N2O4. The number of fused-ring (bicyclic) bond motifs is 1. The summed E-state index contributed by atoms with van der Waals surface area (Å²) in [5.74, 6) is -0.289. The third-order valence-electron chi connectivity index (χ3n) is 3.44. The molecule has 1 amide bonds. The lowest BCUT2D eigenvalue weighted by Crippen LogP contribution is -2.40. The highest BCUT2D eigenvalue weighted by atomic mass is 16.6. The topological polar surface area (TPSA) is 90.8 Å². The molecule has 0 saturated carbocycles. The van der Waals surface area contributed by atoms with Gasteiger partial charge in [0, 0.05) is 17.6 Å². The predicted molar refractivity (Wildman–Crippen MR) is 79.0 cm³/mol. The molecule has 0 bridgehead atoms. The van der Waals surface area contributed by atoms with E-state index in [2.05, 4.69) is 10.6 Å². The lowest BCUT2D eigenvalue weighted by atomic mass is 9.97. The van der Waals surface area contributed by atoms with Crippen molar-refractivity contribution < 1.29 is 19.7 Å². The molecular weight excluding hydrogens is 272 g/mol. The molecule has 0 spiro atoms. The van der Waals surface area contributed by atoms with E-state index in [1.807, 2.05) is 20.8 Å². The van der Waals surface area contributed by atoms with Gasteiger partial charge in [-0.05, 0) is 12.5 Å². The Morgan fingerprint density at radius 2 is 2.14 bits per heavy atom. The summed E-state index contributed by atoms with van der Waals surface area (Å²) in [6, 6.07) is 5.23. The quantitative estimate of drug-likeness (QED) is 0.654. The van der Waals surface area contributed by atoms with Gasteiger partial charge in [-0.25, -0.2) is 0 Å². The Balaban J connectivity index is 2.32. The van der Waals surface area contributed by atoms with Crippen LogP contribution in [0.15, 0.2) is 18.2 Å². The molecule has 3 atom stereocenters. The van der Waals surface area contributed by atoms with Crippen molar-refractivity contribution in [3.05, 3.63) is 23.8 Å². The maximum Gasteiger partial charge on any atom is 0.293 e. The molecule has 0 fully saturated rings. The first-order valence-electron chi connectivity index (χ1n) is 7.16. The van der Waals surface area contributed by atoms with Crippen LogP contribution in [-0.4, -0.2) is 34.5 Å². The van der Waals surface area contributed by atoms with Gasteiger partial charge in [0.25, 0.3) is 12.2 Å². The Bertz CT molecular complexity index is 518. The highest BCUT2D eigenvalue weighted by Crippen LogP contribution is 2.37. The first-order chi connectivity index (χ1) is 9.93. The first-order valence-corrected chi connectivity index (χ1v) is 7.16. The van der Waals surface area contributed by atoms with Gasteiger partial charge in [0.1, 0.15) is 0 Å². The number of amides is 1. The van der Waals surface area contributed by atoms with Crippen molar-refractivity contribution in [1.82, 2.24) is 5.32 Å². The highest BCUT2D eigenvalue weighted by Gasteiger charge is 2.31. The highest BCUT2D eigenvalue weighted by molar-refractivity contribution is 5.97. The van der Waals surface area contributed by atoms with E-state index < -0.39 is 18.3 Å². The Kier molecular flexibility index (Phi) is 4.82. The van der Waals surface area contributed by atoms with Gasteiger partial charge in [-0.2, -0.15) is 0 Å². The number of hydrogen-bond acceptors (Lipinski definition) is 5. The van der Waals surface area contributed by atoms with Crippen LogP contribution in [0, 0.1) is 0 Å². The second-order valence-electron chi connectivity index (χ2n) is 5.46. The van der Waals surface area contributed by atoms with Crippen LogP contribution in [-0.2, 0) is 4.79 Å². The molecule has 1 heterocycles. The average Bonchev–Trinajstić information content (AvgIpc) is 2.44. The summed E-state index contributed by atoms with van der Waals surface area (Å²) in [6.45, 7) is 6.00. The summed E-state index contributed by atoms with van der Waals surface area (Å²) in [4.78, 5) is 11.4. The second kappa shape index (κ2) is 6.43. The Labute approximate surface area is 124 Å². The minimum absolute atomic E-state index is 0.144. The second-order valence-corrected chi connectivity index (χ2v) is 5.46. The SMILES string of the molecule is CCC(NC(C)C)C(O)c1cccc2c1OC(O)C(=O)N2. The maximum atomic E-state index is 11.4. The van der Waals surface area contributed by atoms with Gasteiger partial charge in [-0.1, -0.05) is 32.9 Å². The standard InChI is InChI=1S/C15H22N2O4/c1-4-10(16-8(2)3)12(18)9-6-5-7-11-13(9)21-15(20)14(19)17-11/h5-8,10,12,15-16,18,20H,4H2,1-3H3,(H,17,19). The summed E-state index contributed by atoms with van der Waals surface area (Å²) in [6.07, 6.45) is -1.61. The van der Waals surface area contributed by atoms with Crippen molar-refractivity contribution in [1.29, 1.82) is 0 Å². The number of aliphatic hydroxyl groups excluding tert-OH is 2. The number of rotatable bonds is 5. The zero-order valence-corrected chi connectivity index (χ0v) is 12.5. The molecule has 21 heavy (non-hydrogen) atoms. The molecule has 0 aromatic heterocycles. The van der Waals surface area contributed by atoms with Gasteiger partial charge in [-0.3, -0.25) is 4.79 Å². The molecule has 116 valence electrons. The molecule has 3 unspecified atom stereocenters. The monoisotopic (exact) mass is 294 g/mol. The number of carbonyl (C=O) groups excluding carboxylic acids is 1. The fourth-order valence-corrected chi connectivity index (χ4v) is 2.45. The number of anilines is 1. The third kappa shape index (κ3) is 3.34. The smallest absolute Gasteiger partial charge is 0.293 e. The van der Waals surface area contributed by atoms with E-state index >= 15 is 0 Å². The predicted octanol–water partition coefficient (Wildman–Crippen LogP) is 1.15. The van der Waals surface area contributed by atoms with E-state index in [-0.39, 0.29) is 12.1 Å². The molecule has 0 saturated heterocycles. The van der Waals surface area contributed by atoms with Gasteiger partial charge in [0.15, 0.2) is 5.75 Å². The zero-order valence-electron chi connectivity index (χ0n) is 12.5. The number of ether oxygens (including phenoxy) is 1. The molecule has 1 aromatic carbocycles. The van der Waals surface area contributed by atoms with Gasteiger partial charge in [0.05, 0.1) is 11.8 Å². The number of aliphatic hydroxyl groups is 2. The summed E-state index contributed by atoms with van der Waals surface area (Å²) >= 11 is 0. The number of hydrogen-bond donors (Lipinski definition) is 4. The largest absolute Gasteiger partial charge is 0.453 e. The normalized spacial score (nSPS) is 20.5. The Morgan fingerprint density at radius 1 is 1.43 bits per heavy atom. The Morgan fingerprint density at radius 3 is 2.76 bits per heavy atom. The van der Waals surface area contributed by atoms with Crippen LogP contribution >= 0.6 is 0 Å². The van der Waals surface area contributed by atoms with Crippen LogP contribution in [0.3, 0.4) is 0 Å². The number of para-hydroxylation sites is 1. The minimum Gasteiger partial charge on any atom is -0.453 e. The lowest BCUT2D eigenvalue weighted by molar-refractivity contribution is -0.139. The van der Waals surface area contributed by atoms with E-state index in [4.69, 9.17) is 4.74 Å². The molecule has 6 heteroatoms. The average molecular weight is 294 g/mol. The maximum absolute atomic E-state index is 11.4. The van der Waals surface area contributed by atoms with E-state index in [1.54, 1.807) is 18.2 Å². The lowest BCUT2D eigenvalue weighted by Gasteiger charge is -2.30. The van der Waals surface area contributed by atoms with Crippen molar-refractivity contribution in [2.75, 3.05) is 5.32 Å². The van der Waals surface area contributed by atoms with E-state index in [9.17, 15) is 15.0 Å². The van der Waals surface area contributed by atoms with E-state index in [0.29, 0.717) is 17.0 Å². The number of benzene rings is 1. The minimum atomic E-state index is -1.55. The first kappa shape index (κ1) is 15.8. The van der Waals surface area contributed by atoms with Crippen LogP contribution in [0.5, 0.6) is 5.75 Å². The molecule has 1 aliphatic heterocycles. The van der Waals surface area contributed by atoms with Crippen LogP contribution in [0.25, 0.3) is 0 Å². The van der Waals surface area contributed by atoms with Gasteiger partial charge >= 0.3 is 0 Å². The van der Waals surface area contributed by atoms with Crippen molar-refractivity contribution in [2.45, 2.75) is 51.7 Å². The van der Waals surface area contributed by atoms with Crippen molar-refractivity contribution >= 4 is 11.6 Å². The molecule has 0 radical (unpaired) electrons. The van der Waals surface area contributed by atoms with E-state index in [0.717, 1.165) is 6.42 Å². The van der Waals surface area contributed by atoms with Gasteiger partial charge < -0.3 is 25.6 Å². The van der Waals surface area contributed by atoms with Gasteiger partial charge in [-0.15, -0.1) is 0 Å². The Hall–Kier alpha value is -1.63. The zero-order chi connectivity index (χ0) is 15.6. The molecule has 1 aromatic rings. The van der Waals surface area contributed by atoms with Crippen LogP contribution in [0.4, 0.5) is 5.69 Å².